The van der Waals surface area contributed by atoms with Gasteiger partial charge in [-0.15, -0.1) is 0 Å². The summed E-state index contributed by atoms with van der Waals surface area (Å²) in [5.41, 5.74) is 4.99. The predicted molar refractivity (Wildman–Crippen MR) is 208 cm³/mol. The van der Waals surface area contributed by atoms with Gasteiger partial charge in [0.15, 0.2) is 11.5 Å². The Bertz CT molecular complexity index is 2330. The van der Waals surface area contributed by atoms with E-state index < -0.39 is 5.54 Å². The monoisotopic (exact) mass is 721 g/mol. The normalized spacial score (nSPS) is 19.8. The van der Waals surface area contributed by atoms with Crippen molar-refractivity contribution in [3.8, 4) is 11.4 Å². The van der Waals surface area contributed by atoms with Crippen LogP contribution in [0.4, 0.5) is 5.82 Å². The van der Waals surface area contributed by atoms with E-state index in [1.54, 1.807) is 6.20 Å². The number of ether oxygens (including phenoxy) is 1. The van der Waals surface area contributed by atoms with Crippen LogP contribution in [0.15, 0.2) is 116 Å². The minimum atomic E-state index is -0.854. The summed E-state index contributed by atoms with van der Waals surface area (Å²) in [5.74, 6) is 1.47. The average Bonchev–Trinajstić information content (AvgIpc) is 3.77. The molecule has 4 aromatic heterocycles. The van der Waals surface area contributed by atoms with Crippen molar-refractivity contribution in [2.75, 3.05) is 11.9 Å². The van der Waals surface area contributed by atoms with Crippen LogP contribution in [0.2, 0.25) is 5.15 Å². The molecule has 9 nitrogen and oxygen atoms in total. The molecule has 0 radical (unpaired) electrons. The summed E-state index contributed by atoms with van der Waals surface area (Å²) in [4.78, 5) is 33.8. The molecule has 2 atom stereocenters. The van der Waals surface area contributed by atoms with Gasteiger partial charge in [0.2, 0.25) is 0 Å². The van der Waals surface area contributed by atoms with Crippen LogP contribution in [-0.4, -0.2) is 47.7 Å². The van der Waals surface area contributed by atoms with E-state index in [4.69, 9.17) is 36.3 Å². The predicted octanol–water partition coefficient (Wildman–Crippen LogP) is 8.65. The Morgan fingerprint density at radius 1 is 0.830 bits per heavy atom. The summed E-state index contributed by atoms with van der Waals surface area (Å²) in [5, 5.41) is 4.97. The average molecular weight is 722 g/mol. The summed E-state index contributed by atoms with van der Waals surface area (Å²) in [7, 11) is 1.98. The number of rotatable bonds is 9. The van der Waals surface area contributed by atoms with Crippen molar-refractivity contribution in [3.05, 3.63) is 137 Å². The minimum Gasteiger partial charge on any atom is -0.466 e. The quantitative estimate of drug-likeness (QED) is 0.118. The first-order chi connectivity index (χ1) is 26.0. The molecular weight excluding hydrogens is 682 g/mol. The molecule has 2 bridgehead atoms. The number of aryl methyl sites for hydroxylation is 1. The van der Waals surface area contributed by atoms with Gasteiger partial charge in [-0.3, -0.25) is 4.79 Å². The summed E-state index contributed by atoms with van der Waals surface area (Å²) >= 11 is 6.64. The van der Waals surface area contributed by atoms with Gasteiger partial charge in [-0.1, -0.05) is 103 Å². The SMILES string of the molecule is CCOC(=O)[C@@H]1C2CCC(CC2)[C@H]1Nc1nc(-c2cn(C(c3ccccc3)(c3ccccc3)c3ccccc3)c3ncc(Cl)nc23)nc2c1ccn2C. The van der Waals surface area contributed by atoms with Crippen LogP contribution in [-0.2, 0) is 22.1 Å². The highest BCUT2D eigenvalue weighted by atomic mass is 35.5. The second-order valence-electron chi connectivity index (χ2n) is 14.3. The molecule has 4 heterocycles. The second kappa shape index (κ2) is 13.5. The zero-order valence-electron chi connectivity index (χ0n) is 29.7. The van der Waals surface area contributed by atoms with Crippen molar-refractivity contribution >= 4 is 45.6 Å². The van der Waals surface area contributed by atoms with Crippen LogP contribution in [0, 0.1) is 17.8 Å². The molecular formula is C43H40ClN7O2. The van der Waals surface area contributed by atoms with Gasteiger partial charge in [0.05, 0.1) is 29.7 Å². The number of hydrogen-bond donors (Lipinski definition) is 1. The Kier molecular flexibility index (Phi) is 8.46. The number of benzene rings is 3. The zero-order chi connectivity index (χ0) is 36.1. The summed E-state index contributed by atoms with van der Waals surface area (Å²) < 4.78 is 9.84. The highest BCUT2D eigenvalue weighted by Gasteiger charge is 2.48. The molecule has 3 aliphatic carbocycles. The number of hydrogen-bond acceptors (Lipinski definition) is 7. The molecule has 3 aliphatic rings. The molecule has 53 heavy (non-hydrogen) atoms. The van der Waals surface area contributed by atoms with Crippen molar-refractivity contribution < 1.29 is 9.53 Å². The van der Waals surface area contributed by atoms with E-state index in [1.165, 1.54) is 0 Å². The largest absolute Gasteiger partial charge is 0.466 e. The van der Waals surface area contributed by atoms with Gasteiger partial charge in [0.1, 0.15) is 27.7 Å². The standard InChI is InChI=1S/C43H40ClN7O2/c1-3-53-42(52)35-27-19-21-28(22-20-27)36(35)47-38-32-23-24-50(2)40(32)49-39(48-38)33-26-51(41-37(33)46-34(44)25-45-41)43(29-13-7-4-8-14-29,30-15-9-5-10-16-30)31-17-11-6-12-18-31/h4-18,23-28,35-36H,3,19-22H2,1-2H3,(H,47,48,49)/t27?,28?,35-,36-/m1/s1. The van der Waals surface area contributed by atoms with E-state index in [9.17, 15) is 4.79 Å². The van der Waals surface area contributed by atoms with Crippen LogP contribution in [0.25, 0.3) is 33.6 Å². The molecule has 1 N–H and O–H groups in total. The van der Waals surface area contributed by atoms with Crippen molar-refractivity contribution in [2.45, 2.75) is 44.2 Å². The first kappa shape index (κ1) is 33.3. The number of halogens is 1. The van der Waals surface area contributed by atoms with Crippen LogP contribution in [0.5, 0.6) is 0 Å². The fourth-order valence-corrected chi connectivity index (χ4v) is 9.24. The van der Waals surface area contributed by atoms with E-state index in [-0.39, 0.29) is 23.1 Å². The Balaban J connectivity index is 1.28. The summed E-state index contributed by atoms with van der Waals surface area (Å²) in [6.07, 6.45) is 9.92. The van der Waals surface area contributed by atoms with Gasteiger partial charge in [-0.2, -0.15) is 0 Å². The molecule has 3 aromatic carbocycles. The van der Waals surface area contributed by atoms with Crippen molar-refractivity contribution in [2.24, 2.45) is 24.8 Å². The lowest BCUT2D eigenvalue weighted by molar-refractivity contribution is -0.154. The maximum Gasteiger partial charge on any atom is 0.311 e. The zero-order valence-corrected chi connectivity index (χ0v) is 30.4. The van der Waals surface area contributed by atoms with E-state index in [0.29, 0.717) is 46.8 Å². The Morgan fingerprint density at radius 3 is 2.04 bits per heavy atom. The Labute approximate surface area is 313 Å². The number of nitrogens with zero attached hydrogens (tertiary/aromatic N) is 6. The molecule has 0 unspecified atom stereocenters. The lowest BCUT2D eigenvalue weighted by atomic mass is 9.61. The first-order valence-corrected chi connectivity index (χ1v) is 18.8. The molecule has 7 aromatic rings. The second-order valence-corrected chi connectivity index (χ2v) is 14.7. The third-order valence-corrected chi connectivity index (χ3v) is 11.6. The van der Waals surface area contributed by atoms with Gasteiger partial charge in [-0.05, 0) is 67.2 Å². The molecule has 0 amide bonds. The van der Waals surface area contributed by atoms with Gasteiger partial charge in [0.25, 0.3) is 0 Å². The van der Waals surface area contributed by atoms with Crippen molar-refractivity contribution in [1.29, 1.82) is 0 Å². The number of nitrogens with one attached hydrogen (secondary N) is 1. The van der Waals surface area contributed by atoms with Crippen molar-refractivity contribution in [3.63, 3.8) is 0 Å². The van der Waals surface area contributed by atoms with Crippen LogP contribution >= 0.6 is 11.6 Å². The third-order valence-electron chi connectivity index (χ3n) is 11.4. The molecule has 3 fully saturated rings. The van der Waals surface area contributed by atoms with Gasteiger partial charge in [-0.25, -0.2) is 19.9 Å². The number of carbonyl (C=O) groups excluding carboxylic acids is 1. The van der Waals surface area contributed by atoms with Gasteiger partial charge < -0.3 is 19.2 Å². The molecule has 0 saturated heterocycles. The highest BCUT2D eigenvalue weighted by Crippen LogP contribution is 2.48. The van der Waals surface area contributed by atoms with Crippen LogP contribution < -0.4 is 5.32 Å². The van der Waals surface area contributed by atoms with Gasteiger partial charge >= 0.3 is 5.97 Å². The highest BCUT2D eigenvalue weighted by molar-refractivity contribution is 6.29. The van der Waals surface area contributed by atoms with Gasteiger partial charge in [0, 0.05) is 25.5 Å². The lowest BCUT2D eigenvalue weighted by Crippen LogP contribution is -2.52. The van der Waals surface area contributed by atoms with Crippen molar-refractivity contribution in [1.82, 2.24) is 29.1 Å². The fraction of sp³-hybridized carbons (Fsp3) is 0.279. The number of fused-ring (bicyclic) bond motifs is 5. The number of aromatic nitrogens is 6. The molecule has 0 spiro atoms. The lowest BCUT2D eigenvalue weighted by Gasteiger charge is -2.47. The summed E-state index contributed by atoms with van der Waals surface area (Å²) in [6, 6.07) is 33.4. The molecule has 266 valence electrons. The van der Waals surface area contributed by atoms with E-state index in [1.807, 2.05) is 49.0 Å². The molecule has 0 aliphatic heterocycles. The van der Waals surface area contributed by atoms with Crippen LogP contribution in [0.1, 0.15) is 49.3 Å². The Morgan fingerprint density at radius 2 is 1.43 bits per heavy atom. The molecule has 10 rings (SSSR count). The van der Waals surface area contributed by atoms with E-state index >= 15 is 0 Å². The summed E-state index contributed by atoms with van der Waals surface area (Å²) in [6.45, 7) is 2.24. The molecule has 10 heteroatoms. The smallest absolute Gasteiger partial charge is 0.311 e. The first-order valence-electron chi connectivity index (χ1n) is 18.4. The number of carbonyl (C=O) groups is 1. The fourth-order valence-electron chi connectivity index (χ4n) is 9.10. The molecule has 3 saturated carbocycles. The minimum absolute atomic E-state index is 0.0924. The maximum atomic E-state index is 13.4. The number of anilines is 1. The topological polar surface area (TPSA) is 99.8 Å². The third kappa shape index (κ3) is 5.48. The van der Waals surface area contributed by atoms with E-state index in [0.717, 1.165) is 53.4 Å². The Hall–Kier alpha value is -5.54. The number of esters is 1. The maximum absolute atomic E-state index is 13.4. The van der Waals surface area contributed by atoms with E-state index in [2.05, 4.69) is 88.9 Å². The van der Waals surface area contributed by atoms with Crippen LogP contribution in [0.3, 0.4) is 0 Å².